The summed E-state index contributed by atoms with van der Waals surface area (Å²) in [5.74, 6) is 1.66. The third kappa shape index (κ3) is 2.80. The molecule has 1 aliphatic rings. The van der Waals surface area contributed by atoms with Gasteiger partial charge in [0.1, 0.15) is 0 Å². The van der Waals surface area contributed by atoms with Crippen LogP contribution in [-0.2, 0) is 0 Å². The summed E-state index contributed by atoms with van der Waals surface area (Å²) in [7, 11) is 0. The van der Waals surface area contributed by atoms with Crippen LogP contribution in [-0.4, -0.2) is 16.1 Å². The highest BCUT2D eigenvalue weighted by molar-refractivity contribution is 7.03. The van der Waals surface area contributed by atoms with Gasteiger partial charge in [-0.05, 0) is 42.8 Å². The van der Waals surface area contributed by atoms with E-state index >= 15 is 0 Å². The normalized spacial score (nSPS) is 27.9. The molecule has 0 saturated heterocycles. The van der Waals surface area contributed by atoms with Crippen LogP contribution in [0.15, 0.2) is 5.38 Å². The summed E-state index contributed by atoms with van der Waals surface area (Å²) in [5, 5.41) is 9.90. The molecule has 0 aliphatic heterocycles. The lowest BCUT2D eigenvalue weighted by Crippen LogP contribution is -2.31. The predicted molar refractivity (Wildman–Crippen MR) is 67.4 cm³/mol. The van der Waals surface area contributed by atoms with Crippen molar-refractivity contribution in [3.05, 3.63) is 11.1 Å². The molecular weight excluding hydrogens is 218 g/mol. The zero-order chi connectivity index (χ0) is 11.4. The molecule has 1 heterocycles. The van der Waals surface area contributed by atoms with Crippen LogP contribution in [0.1, 0.15) is 51.3 Å². The smallest absolute Gasteiger partial charge is 0.0927 e. The fourth-order valence-electron chi connectivity index (χ4n) is 2.66. The highest BCUT2D eigenvalue weighted by Gasteiger charge is 2.27. The molecule has 1 aromatic rings. The van der Waals surface area contributed by atoms with Crippen LogP contribution in [0.2, 0.25) is 0 Å². The van der Waals surface area contributed by atoms with Gasteiger partial charge in [-0.1, -0.05) is 31.2 Å². The minimum atomic E-state index is 0.427. The zero-order valence-corrected chi connectivity index (χ0v) is 11.0. The molecule has 90 valence electrons. The van der Waals surface area contributed by atoms with E-state index in [-0.39, 0.29) is 0 Å². The standard InChI is InChI=1S/C12H21N3S/c1-3-13-12(11-8-16-15-14-11)10-6-4-9(2)5-7-10/h8-10,12-13H,3-7H2,1-2H3. The fraction of sp³-hybridized carbons (Fsp3) is 0.833. The first kappa shape index (κ1) is 12.0. The van der Waals surface area contributed by atoms with E-state index in [1.165, 1.54) is 37.2 Å². The van der Waals surface area contributed by atoms with Crippen molar-refractivity contribution in [1.29, 1.82) is 0 Å². The van der Waals surface area contributed by atoms with Crippen molar-refractivity contribution in [3.8, 4) is 0 Å². The molecule has 16 heavy (non-hydrogen) atoms. The molecule has 1 saturated carbocycles. The van der Waals surface area contributed by atoms with E-state index in [1.807, 2.05) is 0 Å². The monoisotopic (exact) mass is 239 g/mol. The number of rotatable bonds is 4. The maximum atomic E-state index is 4.24. The maximum absolute atomic E-state index is 4.24. The Kier molecular flexibility index (Phi) is 4.29. The molecule has 2 rings (SSSR count). The van der Waals surface area contributed by atoms with Crippen molar-refractivity contribution in [2.75, 3.05) is 6.54 Å². The lowest BCUT2D eigenvalue weighted by atomic mass is 9.78. The molecule has 1 N–H and O–H groups in total. The number of nitrogens with one attached hydrogen (secondary N) is 1. The van der Waals surface area contributed by atoms with Crippen LogP contribution in [0.4, 0.5) is 0 Å². The fourth-order valence-corrected chi connectivity index (χ4v) is 3.15. The van der Waals surface area contributed by atoms with Gasteiger partial charge >= 0.3 is 0 Å². The molecular formula is C12H21N3S. The van der Waals surface area contributed by atoms with E-state index in [0.29, 0.717) is 6.04 Å². The Labute approximate surface area is 102 Å². The summed E-state index contributed by atoms with van der Waals surface area (Å²) in [5.41, 5.74) is 1.14. The van der Waals surface area contributed by atoms with E-state index in [0.717, 1.165) is 24.1 Å². The first-order chi connectivity index (χ1) is 7.81. The van der Waals surface area contributed by atoms with Gasteiger partial charge in [-0.2, -0.15) is 0 Å². The van der Waals surface area contributed by atoms with Crippen molar-refractivity contribution in [3.63, 3.8) is 0 Å². The molecule has 1 aromatic heterocycles. The topological polar surface area (TPSA) is 37.8 Å². The molecule has 0 amide bonds. The Hall–Kier alpha value is -0.480. The summed E-state index contributed by atoms with van der Waals surface area (Å²) in [6, 6.07) is 0.427. The van der Waals surface area contributed by atoms with Crippen LogP contribution in [0.5, 0.6) is 0 Å². The van der Waals surface area contributed by atoms with Crippen molar-refractivity contribution < 1.29 is 0 Å². The average Bonchev–Trinajstić information content (AvgIpc) is 2.81. The molecule has 1 atom stereocenters. The second-order valence-electron chi connectivity index (χ2n) is 4.89. The van der Waals surface area contributed by atoms with Crippen LogP contribution in [0.25, 0.3) is 0 Å². The third-order valence-corrected chi connectivity index (χ3v) is 4.17. The number of nitrogens with zero attached hydrogens (tertiary/aromatic N) is 2. The van der Waals surface area contributed by atoms with Crippen LogP contribution in [0.3, 0.4) is 0 Å². The minimum Gasteiger partial charge on any atom is -0.309 e. The SMILES string of the molecule is CCNC(c1csnn1)C1CCC(C)CC1. The Morgan fingerprint density at radius 3 is 2.75 bits per heavy atom. The molecule has 3 nitrogen and oxygen atoms in total. The molecule has 1 fully saturated rings. The summed E-state index contributed by atoms with van der Waals surface area (Å²) >= 11 is 1.46. The van der Waals surface area contributed by atoms with Crippen molar-refractivity contribution in [2.24, 2.45) is 11.8 Å². The molecule has 1 unspecified atom stereocenters. The zero-order valence-electron chi connectivity index (χ0n) is 10.1. The van der Waals surface area contributed by atoms with Gasteiger partial charge in [0.2, 0.25) is 0 Å². The van der Waals surface area contributed by atoms with Crippen LogP contribution < -0.4 is 5.32 Å². The summed E-state index contributed by atoms with van der Waals surface area (Å²) in [4.78, 5) is 0. The number of hydrogen-bond acceptors (Lipinski definition) is 4. The van der Waals surface area contributed by atoms with E-state index in [9.17, 15) is 0 Å². The molecule has 0 spiro atoms. The van der Waals surface area contributed by atoms with Crippen molar-refractivity contribution >= 4 is 11.5 Å². The van der Waals surface area contributed by atoms with Crippen LogP contribution >= 0.6 is 11.5 Å². The Balaban J connectivity index is 2.02. The molecule has 0 bridgehead atoms. The number of hydrogen-bond donors (Lipinski definition) is 1. The Morgan fingerprint density at radius 1 is 1.44 bits per heavy atom. The van der Waals surface area contributed by atoms with Gasteiger partial charge in [-0.25, -0.2) is 0 Å². The van der Waals surface area contributed by atoms with Gasteiger partial charge in [-0.3, -0.25) is 0 Å². The first-order valence-corrected chi connectivity index (χ1v) is 7.15. The number of aromatic nitrogens is 2. The quantitative estimate of drug-likeness (QED) is 0.877. The highest BCUT2D eigenvalue weighted by Crippen LogP contribution is 2.36. The van der Waals surface area contributed by atoms with Crippen molar-refractivity contribution in [1.82, 2.24) is 14.9 Å². The molecule has 1 aliphatic carbocycles. The molecule has 0 aromatic carbocycles. The van der Waals surface area contributed by atoms with E-state index in [2.05, 4.69) is 34.1 Å². The Bertz CT molecular complexity index is 291. The molecule has 0 radical (unpaired) electrons. The van der Waals surface area contributed by atoms with Gasteiger partial charge in [-0.15, -0.1) is 5.10 Å². The summed E-state index contributed by atoms with van der Waals surface area (Å²) < 4.78 is 3.99. The van der Waals surface area contributed by atoms with E-state index in [1.54, 1.807) is 0 Å². The second kappa shape index (κ2) is 5.73. The van der Waals surface area contributed by atoms with Crippen LogP contribution in [0, 0.1) is 11.8 Å². The first-order valence-electron chi connectivity index (χ1n) is 6.31. The largest absolute Gasteiger partial charge is 0.309 e. The van der Waals surface area contributed by atoms with Gasteiger partial charge in [0.15, 0.2) is 0 Å². The van der Waals surface area contributed by atoms with Gasteiger partial charge in [0.05, 0.1) is 11.7 Å². The van der Waals surface area contributed by atoms with Gasteiger partial charge < -0.3 is 5.32 Å². The summed E-state index contributed by atoms with van der Waals surface area (Å²) in [6.07, 6.45) is 5.39. The van der Waals surface area contributed by atoms with Crippen molar-refractivity contribution in [2.45, 2.75) is 45.6 Å². The summed E-state index contributed by atoms with van der Waals surface area (Å²) in [6.45, 7) is 5.54. The highest BCUT2D eigenvalue weighted by atomic mass is 32.1. The van der Waals surface area contributed by atoms with E-state index < -0.39 is 0 Å². The Morgan fingerprint density at radius 2 is 2.19 bits per heavy atom. The lowest BCUT2D eigenvalue weighted by Gasteiger charge is -2.32. The average molecular weight is 239 g/mol. The molecule has 4 heteroatoms. The lowest BCUT2D eigenvalue weighted by molar-refractivity contribution is 0.230. The van der Waals surface area contributed by atoms with Gasteiger partial charge in [0.25, 0.3) is 0 Å². The van der Waals surface area contributed by atoms with E-state index in [4.69, 9.17) is 0 Å². The second-order valence-corrected chi connectivity index (χ2v) is 5.49. The van der Waals surface area contributed by atoms with Gasteiger partial charge in [0, 0.05) is 5.38 Å². The maximum Gasteiger partial charge on any atom is 0.0927 e. The predicted octanol–water partition coefficient (Wildman–Crippen LogP) is 3.02. The minimum absolute atomic E-state index is 0.427. The third-order valence-electron chi connectivity index (χ3n) is 3.65.